The van der Waals surface area contributed by atoms with Gasteiger partial charge in [-0.2, -0.15) is 0 Å². The van der Waals surface area contributed by atoms with Gasteiger partial charge in [-0.05, 0) is 58.3 Å². The fourth-order valence-electron chi connectivity index (χ4n) is 2.41. The molecule has 0 bridgehead atoms. The van der Waals surface area contributed by atoms with E-state index in [-0.39, 0.29) is 5.97 Å². The molecule has 0 aromatic carbocycles. The van der Waals surface area contributed by atoms with E-state index in [0.717, 1.165) is 25.7 Å². The van der Waals surface area contributed by atoms with Crippen molar-refractivity contribution in [2.75, 3.05) is 0 Å². The zero-order chi connectivity index (χ0) is 13.3. The summed E-state index contributed by atoms with van der Waals surface area (Å²) in [4.78, 5) is 12.1. The summed E-state index contributed by atoms with van der Waals surface area (Å²) in [5.41, 5.74) is 5.00. The second kappa shape index (κ2) is 4.97. The number of ether oxygens (including phenoxy) is 1. The van der Waals surface area contributed by atoms with Crippen molar-refractivity contribution < 1.29 is 9.53 Å². The summed E-state index contributed by atoms with van der Waals surface area (Å²) in [6.07, 6.45) is 3.58. The quantitative estimate of drug-likeness (QED) is 0.756. The molecule has 0 aromatic heterocycles. The van der Waals surface area contributed by atoms with Gasteiger partial charge >= 0.3 is 5.97 Å². The first-order valence-electron chi connectivity index (χ1n) is 6.66. The zero-order valence-electron chi connectivity index (χ0n) is 11.9. The van der Waals surface area contributed by atoms with Gasteiger partial charge in [0.05, 0.1) is 0 Å². The average molecular weight is 241 g/mol. The zero-order valence-corrected chi connectivity index (χ0v) is 11.9. The third-order valence-electron chi connectivity index (χ3n) is 3.67. The maximum absolute atomic E-state index is 12.1. The molecular formula is C14H27NO2. The maximum atomic E-state index is 12.1. The van der Waals surface area contributed by atoms with Crippen molar-refractivity contribution in [1.82, 2.24) is 0 Å². The van der Waals surface area contributed by atoms with Crippen LogP contribution in [0.2, 0.25) is 0 Å². The van der Waals surface area contributed by atoms with Crippen LogP contribution < -0.4 is 5.73 Å². The first-order chi connectivity index (χ1) is 7.64. The lowest BCUT2D eigenvalue weighted by Gasteiger charge is -2.38. The molecule has 2 N–H and O–H groups in total. The molecule has 0 aliphatic heterocycles. The summed E-state index contributed by atoms with van der Waals surface area (Å²) < 4.78 is 5.41. The number of hydrogen-bond acceptors (Lipinski definition) is 3. The Bertz CT molecular complexity index is 270. The number of carbonyl (C=O) groups excluding carboxylic acids is 1. The molecule has 100 valence electrons. The van der Waals surface area contributed by atoms with Crippen LogP contribution in [0.4, 0.5) is 0 Å². The second-order valence-electron chi connectivity index (χ2n) is 6.74. The standard InChI is InChI=1S/C14H27NO2/c1-10(2)11-6-8-14(15,9-7-11)12(16)17-13(3,4)5/h10-11H,6-9,15H2,1-5H3. The molecule has 1 aliphatic rings. The second-order valence-corrected chi connectivity index (χ2v) is 6.74. The van der Waals surface area contributed by atoms with Gasteiger partial charge in [-0.1, -0.05) is 13.8 Å². The monoisotopic (exact) mass is 241 g/mol. The average Bonchev–Trinajstić information content (AvgIpc) is 2.15. The molecule has 0 aromatic rings. The minimum atomic E-state index is -0.751. The van der Waals surface area contributed by atoms with Crippen LogP contribution in [0, 0.1) is 11.8 Å². The molecule has 1 saturated carbocycles. The first-order valence-corrected chi connectivity index (χ1v) is 6.66. The largest absolute Gasteiger partial charge is 0.459 e. The van der Waals surface area contributed by atoms with E-state index in [0.29, 0.717) is 11.8 Å². The molecule has 1 aliphatic carbocycles. The van der Waals surface area contributed by atoms with Crippen LogP contribution in [0.3, 0.4) is 0 Å². The molecule has 0 spiro atoms. The SMILES string of the molecule is CC(C)C1CCC(N)(C(=O)OC(C)(C)C)CC1. The molecule has 0 unspecified atom stereocenters. The van der Waals surface area contributed by atoms with Crippen LogP contribution in [0.15, 0.2) is 0 Å². The Balaban J connectivity index is 2.57. The van der Waals surface area contributed by atoms with Gasteiger partial charge < -0.3 is 10.5 Å². The van der Waals surface area contributed by atoms with Crippen LogP contribution in [0.25, 0.3) is 0 Å². The van der Waals surface area contributed by atoms with Crippen LogP contribution in [0.1, 0.15) is 60.3 Å². The highest BCUT2D eigenvalue weighted by molar-refractivity contribution is 5.81. The van der Waals surface area contributed by atoms with Gasteiger partial charge in [0.25, 0.3) is 0 Å². The van der Waals surface area contributed by atoms with Crippen molar-refractivity contribution in [2.45, 2.75) is 71.4 Å². The highest BCUT2D eigenvalue weighted by atomic mass is 16.6. The Morgan fingerprint density at radius 3 is 2.12 bits per heavy atom. The molecule has 1 rings (SSSR count). The summed E-state index contributed by atoms with van der Waals surface area (Å²) >= 11 is 0. The lowest BCUT2D eigenvalue weighted by Crippen LogP contribution is -2.53. The van der Waals surface area contributed by atoms with Crippen molar-refractivity contribution >= 4 is 5.97 Å². The lowest BCUT2D eigenvalue weighted by atomic mass is 9.73. The number of hydrogen-bond donors (Lipinski definition) is 1. The van der Waals surface area contributed by atoms with Crippen LogP contribution in [-0.2, 0) is 9.53 Å². The molecule has 1 fully saturated rings. The number of esters is 1. The molecule has 0 heterocycles. The van der Waals surface area contributed by atoms with E-state index in [4.69, 9.17) is 10.5 Å². The lowest BCUT2D eigenvalue weighted by molar-refractivity contribution is -0.163. The number of carbonyl (C=O) groups is 1. The van der Waals surface area contributed by atoms with Gasteiger partial charge in [-0.15, -0.1) is 0 Å². The Morgan fingerprint density at radius 2 is 1.76 bits per heavy atom. The molecule has 3 nitrogen and oxygen atoms in total. The van der Waals surface area contributed by atoms with E-state index in [1.165, 1.54) is 0 Å². The minimum Gasteiger partial charge on any atom is -0.459 e. The van der Waals surface area contributed by atoms with Crippen molar-refractivity contribution in [3.8, 4) is 0 Å². The Labute approximate surface area is 105 Å². The summed E-state index contributed by atoms with van der Waals surface area (Å²) in [7, 11) is 0. The third-order valence-corrected chi connectivity index (χ3v) is 3.67. The van der Waals surface area contributed by atoms with E-state index in [1.807, 2.05) is 20.8 Å². The molecule has 0 radical (unpaired) electrons. The van der Waals surface area contributed by atoms with Gasteiger partial charge in [0.1, 0.15) is 11.1 Å². The predicted octanol–water partition coefficient (Wildman–Crippen LogP) is 2.87. The van der Waals surface area contributed by atoms with Gasteiger partial charge in [0.2, 0.25) is 0 Å². The van der Waals surface area contributed by atoms with Crippen molar-refractivity contribution in [1.29, 1.82) is 0 Å². The van der Waals surface area contributed by atoms with E-state index >= 15 is 0 Å². The van der Waals surface area contributed by atoms with Gasteiger partial charge in [-0.3, -0.25) is 4.79 Å². The highest BCUT2D eigenvalue weighted by Gasteiger charge is 2.41. The van der Waals surface area contributed by atoms with Crippen molar-refractivity contribution in [3.05, 3.63) is 0 Å². The summed E-state index contributed by atoms with van der Waals surface area (Å²) in [5.74, 6) is 1.15. The van der Waals surface area contributed by atoms with Gasteiger partial charge in [-0.25, -0.2) is 0 Å². The predicted molar refractivity (Wildman–Crippen MR) is 69.6 cm³/mol. The normalized spacial score (nSPS) is 30.4. The van der Waals surface area contributed by atoms with E-state index in [2.05, 4.69) is 13.8 Å². The Hall–Kier alpha value is -0.570. The van der Waals surface area contributed by atoms with Gasteiger partial charge in [0, 0.05) is 0 Å². The summed E-state index contributed by atoms with van der Waals surface area (Å²) in [6, 6.07) is 0. The molecule has 17 heavy (non-hydrogen) atoms. The third kappa shape index (κ3) is 3.98. The topological polar surface area (TPSA) is 52.3 Å². The van der Waals surface area contributed by atoms with Crippen LogP contribution in [0.5, 0.6) is 0 Å². The fraction of sp³-hybridized carbons (Fsp3) is 0.929. The minimum absolute atomic E-state index is 0.229. The fourth-order valence-corrected chi connectivity index (χ4v) is 2.41. The molecule has 0 amide bonds. The Morgan fingerprint density at radius 1 is 1.29 bits per heavy atom. The van der Waals surface area contributed by atoms with Gasteiger partial charge in [0.15, 0.2) is 0 Å². The van der Waals surface area contributed by atoms with E-state index in [9.17, 15) is 4.79 Å². The number of nitrogens with two attached hydrogens (primary N) is 1. The highest BCUT2D eigenvalue weighted by Crippen LogP contribution is 2.35. The van der Waals surface area contributed by atoms with Crippen molar-refractivity contribution in [3.63, 3.8) is 0 Å². The Kier molecular flexibility index (Phi) is 4.23. The van der Waals surface area contributed by atoms with E-state index in [1.54, 1.807) is 0 Å². The first kappa shape index (κ1) is 14.5. The summed E-state index contributed by atoms with van der Waals surface area (Å²) in [5, 5.41) is 0. The van der Waals surface area contributed by atoms with Crippen LogP contribution >= 0.6 is 0 Å². The summed E-state index contributed by atoms with van der Waals surface area (Å²) in [6.45, 7) is 10.1. The molecular weight excluding hydrogens is 214 g/mol. The smallest absolute Gasteiger partial charge is 0.326 e. The molecule has 0 saturated heterocycles. The molecule has 3 heteroatoms. The van der Waals surface area contributed by atoms with E-state index < -0.39 is 11.1 Å². The number of rotatable bonds is 2. The molecule has 0 atom stereocenters. The van der Waals surface area contributed by atoms with Crippen LogP contribution in [-0.4, -0.2) is 17.1 Å². The van der Waals surface area contributed by atoms with Crippen molar-refractivity contribution in [2.24, 2.45) is 17.6 Å². The maximum Gasteiger partial charge on any atom is 0.326 e.